The van der Waals surface area contributed by atoms with Crippen LogP contribution < -0.4 is 0 Å². The topological polar surface area (TPSA) is 31.6 Å². The van der Waals surface area contributed by atoms with Gasteiger partial charge >= 0.3 is 0 Å². The number of H-pyrrole nitrogens is 2. The summed E-state index contributed by atoms with van der Waals surface area (Å²) in [6.07, 6.45) is 5.01. The van der Waals surface area contributed by atoms with Gasteiger partial charge in [-0.2, -0.15) is 0 Å². The lowest BCUT2D eigenvalue weighted by Gasteiger charge is -1.96. The Labute approximate surface area is 88.0 Å². The molecule has 0 aliphatic carbocycles. The van der Waals surface area contributed by atoms with Crippen LogP contribution in [0.3, 0.4) is 0 Å². The van der Waals surface area contributed by atoms with Gasteiger partial charge in [0.15, 0.2) is 0 Å². The lowest BCUT2D eigenvalue weighted by atomic mass is 10.1. The molecule has 0 atom stereocenters. The molecular weight excluding hydrogens is 184 g/mol. The van der Waals surface area contributed by atoms with E-state index in [1.54, 1.807) is 0 Å². The molecule has 74 valence electrons. The zero-order valence-corrected chi connectivity index (χ0v) is 8.33. The predicted octanol–water partition coefficient (Wildman–Crippen LogP) is 3.09. The van der Waals surface area contributed by atoms with E-state index in [9.17, 15) is 0 Å². The van der Waals surface area contributed by atoms with E-state index in [0.717, 1.165) is 6.42 Å². The molecule has 0 radical (unpaired) electrons. The normalized spacial score (nSPS) is 10.9. The molecule has 3 rings (SSSR count). The summed E-state index contributed by atoms with van der Waals surface area (Å²) in [5.41, 5.74) is 3.80. The van der Waals surface area contributed by atoms with E-state index in [0.29, 0.717) is 0 Å². The molecule has 0 spiro atoms. The first kappa shape index (κ1) is 8.36. The number of aromatic nitrogens is 2. The van der Waals surface area contributed by atoms with Crippen LogP contribution in [0.15, 0.2) is 48.8 Å². The summed E-state index contributed by atoms with van der Waals surface area (Å²) in [4.78, 5) is 6.51. The Morgan fingerprint density at radius 3 is 2.73 bits per heavy atom. The van der Waals surface area contributed by atoms with E-state index in [1.165, 1.54) is 22.2 Å². The quantitative estimate of drug-likeness (QED) is 0.631. The average molecular weight is 196 g/mol. The molecule has 0 aliphatic rings. The molecule has 2 aromatic heterocycles. The monoisotopic (exact) mass is 196 g/mol. The van der Waals surface area contributed by atoms with Crippen LogP contribution in [0, 0.1) is 0 Å². The first-order valence-corrected chi connectivity index (χ1v) is 5.11. The number of para-hydroxylation sites is 1. The zero-order valence-electron chi connectivity index (χ0n) is 8.33. The van der Waals surface area contributed by atoms with Crippen molar-refractivity contribution >= 4 is 10.9 Å². The predicted molar refractivity (Wildman–Crippen MR) is 61.9 cm³/mol. The molecule has 0 aliphatic heterocycles. The van der Waals surface area contributed by atoms with E-state index in [-0.39, 0.29) is 0 Å². The van der Waals surface area contributed by atoms with Gasteiger partial charge in [-0.15, -0.1) is 0 Å². The third-order valence-electron chi connectivity index (χ3n) is 2.72. The summed E-state index contributed by atoms with van der Waals surface area (Å²) in [6.45, 7) is 0. The Balaban J connectivity index is 2.05. The van der Waals surface area contributed by atoms with Gasteiger partial charge in [0.25, 0.3) is 0 Å². The minimum Gasteiger partial charge on any atom is -0.365 e. The number of hydrogen-bond donors (Lipinski definition) is 2. The van der Waals surface area contributed by atoms with Crippen LogP contribution >= 0.6 is 0 Å². The molecule has 0 saturated carbocycles. The standard InChI is InChI=1S/C13H12N2/c1-2-6-13-12(5-1)10(9-15-13)8-11-4-3-7-14-11/h1-7,9,14-15H,8H2. The van der Waals surface area contributed by atoms with Gasteiger partial charge < -0.3 is 9.97 Å². The SMILES string of the molecule is c1c[nH]c(Cc2c[nH]c3ccccc23)c1. The van der Waals surface area contributed by atoms with Crippen molar-refractivity contribution in [1.29, 1.82) is 0 Å². The van der Waals surface area contributed by atoms with Crippen molar-refractivity contribution in [3.05, 3.63) is 60.0 Å². The molecule has 2 heterocycles. The van der Waals surface area contributed by atoms with E-state index in [4.69, 9.17) is 0 Å². The molecule has 0 amide bonds. The molecule has 2 nitrogen and oxygen atoms in total. The van der Waals surface area contributed by atoms with Crippen LogP contribution in [-0.4, -0.2) is 9.97 Å². The first-order chi connectivity index (χ1) is 7.43. The summed E-state index contributed by atoms with van der Waals surface area (Å²) in [6, 6.07) is 12.5. The first-order valence-electron chi connectivity index (χ1n) is 5.11. The number of rotatable bonds is 2. The van der Waals surface area contributed by atoms with Crippen molar-refractivity contribution in [3.63, 3.8) is 0 Å². The van der Waals surface area contributed by atoms with E-state index in [1.807, 2.05) is 12.3 Å². The van der Waals surface area contributed by atoms with Gasteiger partial charge in [0.05, 0.1) is 0 Å². The van der Waals surface area contributed by atoms with Gasteiger partial charge in [0, 0.05) is 35.4 Å². The van der Waals surface area contributed by atoms with Gasteiger partial charge in [0.2, 0.25) is 0 Å². The minimum atomic E-state index is 0.955. The number of nitrogens with one attached hydrogen (secondary N) is 2. The lowest BCUT2D eigenvalue weighted by molar-refractivity contribution is 1.12. The Morgan fingerprint density at radius 2 is 1.87 bits per heavy atom. The van der Waals surface area contributed by atoms with E-state index in [2.05, 4.69) is 46.5 Å². The van der Waals surface area contributed by atoms with Gasteiger partial charge in [-0.05, 0) is 23.8 Å². The van der Waals surface area contributed by atoms with Gasteiger partial charge in [-0.3, -0.25) is 0 Å². The van der Waals surface area contributed by atoms with Gasteiger partial charge in [-0.25, -0.2) is 0 Å². The van der Waals surface area contributed by atoms with Crippen molar-refractivity contribution < 1.29 is 0 Å². The van der Waals surface area contributed by atoms with Crippen LogP contribution in [0.4, 0.5) is 0 Å². The highest BCUT2D eigenvalue weighted by atomic mass is 14.7. The van der Waals surface area contributed by atoms with Crippen molar-refractivity contribution in [1.82, 2.24) is 9.97 Å². The Morgan fingerprint density at radius 1 is 0.933 bits per heavy atom. The summed E-state index contributed by atoms with van der Waals surface area (Å²) >= 11 is 0. The molecule has 3 aromatic rings. The van der Waals surface area contributed by atoms with Crippen LogP contribution in [0.2, 0.25) is 0 Å². The molecule has 15 heavy (non-hydrogen) atoms. The highest BCUT2D eigenvalue weighted by Gasteiger charge is 2.03. The van der Waals surface area contributed by atoms with Crippen LogP contribution in [0.25, 0.3) is 10.9 Å². The molecule has 0 unspecified atom stereocenters. The minimum absolute atomic E-state index is 0.955. The van der Waals surface area contributed by atoms with Crippen molar-refractivity contribution in [2.24, 2.45) is 0 Å². The molecule has 2 heteroatoms. The molecular formula is C13H12N2. The van der Waals surface area contributed by atoms with Crippen LogP contribution in [-0.2, 0) is 6.42 Å². The highest BCUT2D eigenvalue weighted by Crippen LogP contribution is 2.19. The van der Waals surface area contributed by atoms with E-state index < -0.39 is 0 Å². The smallest absolute Gasteiger partial charge is 0.0456 e. The number of hydrogen-bond acceptors (Lipinski definition) is 0. The Bertz CT molecular complexity index is 561. The molecule has 0 bridgehead atoms. The molecule has 0 fully saturated rings. The fraction of sp³-hybridized carbons (Fsp3) is 0.0769. The fourth-order valence-corrected chi connectivity index (χ4v) is 1.96. The fourth-order valence-electron chi connectivity index (χ4n) is 1.96. The van der Waals surface area contributed by atoms with Crippen LogP contribution in [0.5, 0.6) is 0 Å². The summed E-state index contributed by atoms with van der Waals surface area (Å²) in [7, 11) is 0. The van der Waals surface area contributed by atoms with Gasteiger partial charge in [-0.1, -0.05) is 18.2 Å². The van der Waals surface area contributed by atoms with Crippen molar-refractivity contribution in [3.8, 4) is 0 Å². The maximum atomic E-state index is 3.29. The maximum absolute atomic E-state index is 3.29. The maximum Gasteiger partial charge on any atom is 0.0456 e. The number of aromatic amines is 2. The molecule has 2 N–H and O–H groups in total. The second-order valence-corrected chi connectivity index (χ2v) is 3.73. The molecule has 1 aromatic carbocycles. The Kier molecular flexibility index (Phi) is 1.85. The lowest BCUT2D eigenvalue weighted by Crippen LogP contribution is -1.85. The number of fused-ring (bicyclic) bond motifs is 1. The third-order valence-corrected chi connectivity index (χ3v) is 2.72. The van der Waals surface area contributed by atoms with Crippen molar-refractivity contribution in [2.45, 2.75) is 6.42 Å². The van der Waals surface area contributed by atoms with E-state index >= 15 is 0 Å². The second-order valence-electron chi connectivity index (χ2n) is 3.73. The summed E-state index contributed by atoms with van der Waals surface area (Å²) in [5, 5.41) is 1.31. The average Bonchev–Trinajstić information content (AvgIpc) is 2.89. The van der Waals surface area contributed by atoms with Crippen molar-refractivity contribution in [2.75, 3.05) is 0 Å². The Hall–Kier alpha value is -1.96. The molecule has 0 saturated heterocycles. The van der Waals surface area contributed by atoms with Crippen LogP contribution in [0.1, 0.15) is 11.3 Å². The second kappa shape index (κ2) is 3.31. The van der Waals surface area contributed by atoms with Gasteiger partial charge in [0.1, 0.15) is 0 Å². The highest BCUT2D eigenvalue weighted by molar-refractivity contribution is 5.83. The summed E-state index contributed by atoms with van der Waals surface area (Å²) in [5.74, 6) is 0. The zero-order chi connectivity index (χ0) is 10.1. The summed E-state index contributed by atoms with van der Waals surface area (Å²) < 4.78 is 0. The number of benzene rings is 1. The third kappa shape index (κ3) is 1.44. The largest absolute Gasteiger partial charge is 0.365 e.